The van der Waals surface area contributed by atoms with Crippen LogP contribution in [0.1, 0.15) is 50.2 Å². The summed E-state index contributed by atoms with van der Waals surface area (Å²) in [6, 6.07) is 5.70. The lowest BCUT2D eigenvalue weighted by Crippen LogP contribution is -2.78. The van der Waals surface area contributed by atoms with E-state index in [4.69, 9.17) is 35.6 Å². The van der Waals surface area contributed by atoms with E-state index in [0.29, 0.717) is 11.7 Å². The average Bonchev–Trinajstić information content (AvgIpc) is 2.76. The third-order valence-corrected chi connectivity index (χ3v) is 9.51. The molecule has 1 aromatic rings. The third kappa shape index (κ3) is 3.03. The van der Waals surface area contributed by atoms with Crippen LogP contribution < -0.4 is 4.74 Å². The Balaban J connectivity index is 1.33. The van der Waals surface area contributed by atoms with Crippen molar-refractivity contribution in [2.75, 3.05) is 7.11 Å². The fourth-order valence-corrected chi connectivity index (χ4v) is 8.10. The van der Waals surface area contributed by atoms with Crippen LogP contribution in [0, 0.1) is 24.7 Å². The number of ether oxygens (including phenoxy) is 3. The predicted molar refractivity (Wildman–Crippen MR) is 120 cm³/mol. The van der Waals surface area contributed by atoms with Crippen molar-refractivity contribution < 1.29 is 39.3 Å². The highest BCUT2D eigenvalue weighted by molar-refractivity contribution is 6.24. The molecule has 4 saturated carbocycles. The Bertz CT molecular complexity index is 952. The van der Waals surface area contributed by atoms with Crippen LogP contribution in [0.25, 0.3) is 0 Å². The Morgan fingerprint density at radius 2 is 1.71 bits per heavy atom. The van der Waals surface area contributed by atoms with Crippen LogP contribution >= 0.6 is 11.6 Å². The number of aryl methyl sites for hydroxylation is 1. The van der Waals surface area contributed by atoms with E-state index in [1.807, 2.05) is 25.1 Å². The van der Waals surface area contributed by atoms with Crippen LogP contribution in [0.5, 0.6) is 5.75 Å². The van der Waals surface area contributed by atoms with E-state index in [0.717, 1.165) is 43.2 Å². The number of halogens is 1. The van der Waals surface area contributed by atoms with Crippen molar-refractivity contribution in [2.24, 2.45) is 17.8 Å². The minimum Gasteiger partial charge on any atom is -0.462 e. The second-order valence-electron chi connectivity index (χ2n) is 11.1. The van der Waals surface area contributed by atoms with Gasteiger partial charge in [0, 0.05) is 17.5 Å². The second kappa shape index (κ2) is 7.76. The molecule has 0 amide bonds. The molecule has 2 aliphatic heterocycles. The lowest BCUT2D eigenvalue weighted by atomic mass is 9.46. The first-order valence-electron chi connectivity index (χ1n) is 12.2. The maximum absolute atomic E-state index is 10.4. The number of hydrogen-bond acceptors (Lipinski definition) is 8. The maximum Gasteiger partial charge on any atom is 0.260 e. The van der Waals surface area contributed by atoms with E-state index < -0.39 is 42.1 Å². The Kier molecular flexibility index (Phi) is 5.35. The van der Waals surface area contributed by atoms with Crippen LogP contribution in [0.15, 0.2) is 18.2 Å². The molecule has 8 atom stereocenters. The number of aliphatic hydroxyl groups excluding tert-OH is 3. The number of benzene rings is 1. The van der Waals surface area contributed by atoms with E-state index in [2.05, 4.69) is 0 Å². The SMILES string of the molecule is COC1(c2ccc(C)c(OC3OC(C)C(O)C(O)C3O)c2)OOC12C1CC3CC2CC(Cl)(C3)C1. The molecular formula is C25H33ClO8. The Morgan fingerprint density at radius 1 is 1.00 bits per heavy atom. The van der Waals surface area contributed by atoms with E-state index in [-0.39, 0.29) is 16.7 Å². The van der Waals surface area contributed by atoms with Gasteiger partial charge in [0.25, 0.3) is 5.79 Å². The van der Waals surface area contributed by atoms with Crippen molar-refractivity contribution in [3.8, 4) is 5.75 Å². The van der Waals surface area contributed by atoms with Gasteiger partial charge >= 0.3 is 0 Å². The van der Waals surface area contributed by atoms with Gasteiger partial charge in [-0.2, -0.15) is 4.89 Å². The number of hydrogen-bond donors (Lipinski definition) is 3. The molecule has 6 aliphatic rings. The topological polar surface area (TPSA) is 107 Å². The minimum absolute atomic E-state index is 0.154. The van der Waals surface area contributed by atoms with Crippen molar-refractivity contribution in [1.29, 1.82) is 0 Å². The Labute approximate surface area is 204 Å². The standard InChI is InChI=1S/C25H33ClO8/c1-12-4-5-15(8-18(12)32-22-21(29)20(28)19(27)13(2)31-22)25(30-3)24(33-34-25)16-6-14-7-17(24)11-23(26,9-14)10-16/h4-5,8,13-14,16-17,19-22,27-29H,6-7,9-11H2,1-3H3. The van der Waals surface area contributed by atoms with E-state index in [1.54, 1.807) is 14.0 Å². The molecule has 1 spiro atoms. The summed E-state index contributed by atoms with van der Waals surface area (Å²) in [5.41, 5.74) is 0.967. The van der Waals surface area contributed by atoms with E-state index in [9.17, 15) is 15.3 Å². The first kappa shape index (κ1) is 23.4. The van der Waals surface area contributed by atoms with Gasteiger partial charge in [-0.3, -0.25) is 0 Å². The van der Waals surface area contributed by atoms with E-state index >= 15 is 0 Å². The summed E-state index contributed by atoms with van der Waals surface area (Å²) in [7, 11) is 1.64. The van der Waals surface area contributed by atoms with Gasteiger partial charge in [-0.15, -0.1) is 11.6 Å². The molecule has 4 aliphatic carbocycles. The molecule has 0 radical (unpaired) electrons. The monoisotopic (exact) mass is 496 g/mol. The molecule has 2 saturated heterocycles. The first-order chi connectivity index (χ1) is 16.1. The van der Waals surface area contributed by atoms with Crippen LogP contribution in [0.4, 0.5) is 0 Å². The van der Waals surface area contributed by atoms with Crippen LogP contribution in [0.2, 0.25) is 0 Å². The largest absolute Gasteiger partial charge is 0.462 e. The zero-order valence-corrected chi connectivity index (χ0v) is 20.4. The second-order valence-corrected chi connectivity index (χ2v) is 11.9. The lowest BCUT2D eigenvalue weighted by Gasteiger charge is -2.70. The highest BCUT2D eigenvalue weighted by Gasteiger charge is 2.78. The smallest absolute Gasteiger partial charge is 0.260 e. The van der Waals surface area contributed by atoms with Crippen LogP contribution in [0.3, 0.4) is 0 Å². The number of methoxy groups -OCH3 is 1. The molecular weight excluding hydrogens is 464 g/mol. The van der Waals surface area contributed by atoms with Gasteiger partial charge in [0.05, 0.1) is 6.10 Å². The molecule has 8 unspecified atom stereocenters. The highest BCUT2D eigenvalue weighted by Crippen LogP contribution is 2.71. The summed E-state index contributed by atoms with van der Waals surface area (Å²) in [4.78, 5) is 11.7. The summed E-state index contributed by atoms with van der Waals surface area (Å²) >= 11 is 6.99. The summed E-state index contributed by atoms with van der Waals surface area (Å²) in [5.74, 6) is 0.458. The quantitative estimate of drug-likeness (QED) is 0.431. The molecule has 1 aromatic carbocycles. The van der Waals surface area contributed by atoms with Crippen LogP contribution in [-0.2, 0) is 25.0 Å². The first-order valence-corrected chi connectivity index (χ1v) is 12.6. The molecule has 6 fully saturated rings. The van der Waals surface area contributed by atoms with Gasteiger partial charge in [0.15, 0.2) is 5.60 Å². The lowest BCUT2D eigenvalue weighted by molar-refractivity contribution is -0.645. The zero-order chi connectivity index (χ0) is 24.0. The average molecular weight is 497 g/mol. The van der Waals surface area contributed by atoms with E-state index in [1.165, 1.54) is 0 Å². The molecule has 188 valence electrons. The summed E-state index contributed by atoms with van der Waals surface area (Å²) in [6.07, 6.45) is -0.855. The fourth-order valence-electron chi connectivity index (χ4n) is 7.51. The van der Waals surface area contributed by atoms with Gasteiger partial charge in [0.1, 0.15) is 24.1 Å². The maximum atomic E-state index is 10.4. The van der Waals surface area contributed by atoms with Crippen molar-refractivity contribution in [3.05, 3.63) is 29.3 Å². The predicted octanol–water partition coefficient (Wildman–Crippen LogP) is 2.52. The van der Waals surface area contributed by atoms with Gasteiger partial charge in [-0.05, 0) is 75.3 Å². The Morgan fingerprint density at radius 3 is 2.29 bits per heavy atom. The molecule has 2 heterocycles. The normalized spacial score (nSPS) is 51.5. The molecule has 8 nitrogen and oxygen atoms in total. The molecule has 3 N–H and O–H groups in total. The van der Waals surface area contributed by atoms with Gasteiger partial charge in [-0.1, -0.05) is 12.1 Å². The molecule has 7 rings (SSSR count). The van der Waals surface area contributed by atoms with Gasteiger partial charge in [0.2, 0.25) is 6.29 Å². The van der Waals surface area contributed by atoms with Crippen LogP contribution in [-0.4, -0.2) is 63.6 Å². The van der Waals surface area contributed by atoms with Crippen molar-refractivity contribution in [2.45, 2.75) is 92.9 Å². The van der Waals surface area contributed by atoms with Crippen molar-refractivity contribution in [3.63, 3.8) is 0 Å². The molecule has 34 heavy (non-hydrogen) atoms. The summed E-state index contributed by atoms with van der Waals surface area (Å²) in [6.45, 7) is 3.51. The number of aliphatic hydroxyl groups is 3. The van der Waals surface area contributed by atoms with Crippen molar-refractivity contribution in [1.82, 2.24) is 0 Å². The summed E-state index contributed by atoms with van der Waals surface area (Å²) in [5, 5.41) is 30.6. The molecule has 9 heteroatoms. The Hall–Kier alpha value is -0.970. The zero-order valence-electron chi connectivity index (χ0n) is 19.6. The molecule has 0 aromatic heterocycles. The van der Waals surface area contributed by atoms with Gasteiger partial charge in [-0.25, -0.2) is 4.89 Å². The minimum atomic E-state index is -1.40. The third-order valence-electron chi connectivity index (χ3n) is 9.05. The number of alkyl halides is 1. The fraction of sp³-hybridized carbons (Fsp3) is 0.760. The highest BCUT2D eigenvalue weighted by atomic mass is 35.5. The molecule has 4 bridgehead atoms. The van der Waals surface area contributed by atoms with Gasteiger partial charge < -0.3 is 29.5 Å². The number of rotatable bonds is 4. The summed E-state index contributed by atoms with van der Waals surface area (Å²) < 4.78 is 17.8. The van der Waals surface area contributed by atoms with Crippen molar-refractivity contribution >= 4 is 11.6 Å².